The van der Waals surface area contributed by atoms with E-state index >= 15 is 0 Å². The molecule has 8 heteroatoms. The van der Waals surface area contributed by atoms with Crippen LogP contribution in [0.4, 0.5) is 4.79 Å². The lowest BCUT2D eigenvalue weighted by atomic mass is 9.78. The summed E-state index contributed by atoms with van der Waals surface area (Å²) in [6, 6.07) is 17.0. The first-order valence-electron chi connectivity index (χ1n) is 14.2. The van der Waals surface area contributed by atoms with E-state index in [2.05, 4.69) is 115 Å². The molecule has 5 rings (SSSR count). The van der Waals surface area contributed by atoms with Gasteiger partial charge in [0.1, 0.15) is 0 Å². The maximum absolute atomic E-state index is 13.0. The molecule has 0 saturated carbocycles. The van der Waals surface area contributed by atoms with Gasteiger partial charge in [-0.15, -0.1) is 0 Å². The number of benzene rings is 2. The van der Waals surface area contributed by atoms with Gasteiger partial charge >= 0.3 is 13.2 Å². The van der Waals surface area contributed by atoms with Crippen molar-refractivity contribution in [2.24, 2.45) is 5.41 Å². The highest BCUT2D eigenvalue weighted by molar-refractivity contribution is 6.62. The average molecular weight is 534 g/mol. The van der Waals surface area contributed by atoms with Crippen LogP contribution in [0.2, 0.25) is 0 Å². The molecule has 210 valence electrons. The number of carbonyl (C=O) groups excluding carboxylic acids is 1. The smallest absolute Gasteiger partial charge is 0.413 e. The molecule has 1 amide bonds. The van der Waals surface area contributed by atoms with E-state index in [-0.39, 0.29) is 29.8 Å². The fraction of sp³-hybridized carbons (Fsp3) is 0.581. The van der Waals surface area contributed by atoms with Crippen molar-refractivity contribution in [2.75, 3.05) is 19.6 Å². The predicted molar refractivity (Wildman–Crippen MR) is 156 cm³/mol. The van der Waals surface area contributed by atoms with Crippen molar-refractivity contribution in [3.8, 4) is 11.1 Å². The number of ether oxygens (including phenoxy) is 1. The topological polar surface area (TPSA) is 72.1 Å². The van der Waals surface area contributed by atoms with Gasteiger partial charge in [0.05, 0.1) is 16.7 Å². The van der Waals surface area contributed by atoms with Crippen LogP contribution in [0, 0.1) is 5.41 Å². The van der Waals surface area contributed by atoms with Crippen molar-refractivity contribution in [1.29, 1.82) is 0 Å². The Labute approximate surface area is 234 Å². The second-order valence-corrected chi connectivity index (χ2v) is 13.6. The Morgan fingerprint density at radius 1 is 0.923 bits per heavy atom. The number of nitrogens with one attached hydrogen (secondary N) is 2. The summed E-state index contributed by atoms with van der Waals surface area (Å²) in [7, 11) is -0.378. The van der Waals surface area contributed by atoms with Crippen molar-refractivity contribution < 1.29 is 18.8 Å². The van der Waals surface area contributed by atoms with Gasteiger partial charge in [0, 0.05) is 25.0 Å². The maximum atomic E-state index is 13.0. The SMILES string of the molecule is CC1(c2cccc(-c3ccc(B4OC(C)(C)C(C)(C)O4)cc3)c2)CNC(OC(=O)N2CCCC2)(C(C)(C)C)N1. The predicted octanol–water partition coefficient (Wildman–Crippen LogP) is 4.99. The summed E-state index contributed by atoms with van der Waals surface area (Å²) in [6.07, 6.45) is 1.80. The number of likely N-dealkylation sites (tertiary alicyclic amines) is 1. The van der Waals surface area contributed by atoms with E-state index in [1.165, 1.54) is 0 Å². The summed E-state index contributed by atoms with van der Waals surface area (Å²) in [6.45, 7) is 18.9. The fourth-order valence-electron chi connectivity index (χ4n) is 5.57. The third kappa shape index (κ3) is 5.12. The molecule has 3 heterocycles. The van der Waals surface area contributed by atoms with Gasteiger partial charge in [-0.3, -0.25) is 10.6 Å². The summed E-state index contributed by atoms with van der Waals surface area (Å²) in [5.41, 5.74) is 2.84. The average Bonchev–Trinajstić information content (AvgIpc) is 3.57. The van der Waals surface area contributed by atoms with Crippen molar-refractivity contribution in [3.63, 3.8) is 0 Å². The van der Waals surface area contributed by atoms with Gasteiger partial charge in [0.25, 0.3) is 0 Å². The van der Waals surface area contributed by atoms with Crippen molar-refractivity contribution >= 4 is 18.7 Å². The van der Waals surface area contributed by atoms with Crippen LogP contribution in [0.15, 0.2) is 48.5 Å². The molecule has 3 saturated heterocycles. The van der Waals surface area contributed by atoms with Crippen LogP contribution in [0.3, 0.4) is 0 Å². The first-order valence-corrected chi connectivity index (χ1v) is 14.2. The number of rotatable bonds is 4. The van der Waals surface area contributed by atoms with Gasteiger partial charge in [-0.05, 0) is 75.7 Å². The van der Waals surface area contributed by atoms with Crippen LogP contribution >= 0.6 is 0 Å². The number of hydrogen-bond acceptors (Lipinski definition) is 6. The molecule has 0 aromatic heterocycles. The van der Waals surface area contributed by atoms with Crippen LogP contribution < -0.4 is 16.1 Å². The Morgan fingerprint density at radius 2 is 1.54 bits per heavy atom. The van der Waals surface area contributed by atoms with Gasteiger partial charge in [0.15, 0.2) is 0 Å². The third-order valence-electron chi connectivity index (χ3n) is 9.07. The highest BCUT2D eigenvalue weighted by Crippen LogP contribution is 2.40. The Hall–Kier alpha value is -2.39. The van der Waals surface area contributed by atoms with E-state index in [0.717, 1.165) is 48.1 Å². The molecule has 7 nitrogen and oxygen atoms in total. The van der Waals surface area contributed by atoms with Gasteiger partial charge < -0.3 is 18.9 Å². The second-order valence-electron chi connectivity index (χ2n) is 13.6. The lowest BCUT2D eigenvalue weighted by molar-refractivity contribution is -0.112. The molecule has 0 aliphatic carbocycles. The standard InChI is InChI=1S/C31H44BN3O4/c1-27(2,3)31(37-26(36)35-18-9-10-19-35)33-21-30(8,34-31)24-13-11-12-23(20-24)22-14-16-25(17-15-22)32-38-28(4,5)29(6,7)39-32/h11-17,20,33-34H,9-10,18-19,21H2,1-8H3. The fourth-order valence-corrected chi connectivity index (χ4v) is 5.57. The molecule has 3 fully saturated rings. The van der Waals surface area contributed by atoms with Crippen molar-refractivity contribution in [3.05, 3.63) is 54.1 Å². The monoisotopic (exact) mass is 533 g/mol. The summed E-state index contributed by atoms with van der Waals surface area (Å²) in [5.74, 6) is -0.984. The maximum Gasteiger partial charge on any atom is 0.494 e. The second kappa shape index (κ2) is 9.62. The van der Waals surface area contributed by atoms with Crippen LogP contribution in [-0.2, 0) is 19.6 Å². The summed E-state index contributed by atoms with van der Waals surface area (Å²) >= 11 is 0. The first-order chi connectivity index (χ1) is 18.1. The van der Waals surface area contributed by atoms with Gasteiger partial charge in [-0.25, -0.2) is 4.79 Å². The molecule has 2 aromatic carbocycles. The zero-order valence-electron chi connectivity index (χ0n) is 24.8. The van der Waals surface area contributed by atoms with E-state index in [4.69, 9.17) is 14.0 Å². The van der Waals surface area contributed by atoms with Gasteiger partial charge in [0.2, 0.25) is 5.85 Å². The van der Waals surface area contributed by atoms with Crippen LogP contribution in [0.25, 0.3) is 11.1 Å². The molecular formula is C31H44BN3O4. The molecule has 2 N–H and O–H groups in total. The molecule has 3 aliphatic rings. The Bertz CT molecular complexity index is 1200. The number of carbonyl (C=O) groups is 1. The molecular weight excluding hydrogens is 489 g/mol. The first kappa shape index (κ1) is 28.2. The number of hydrogen-bond donors (Lipinski definition) is 2. The molecule has 2 aromatic rings. The van der Waals surface area contributed by atoms with Crippen LogP contribution in [-0.4, -0.2) is 54.8 Å². The minimum atomic E-state index is -0.984. The Kier molecular flexibility index (Phi) is 6.94. The number of amides is 1. The highest BCUT2D eigenvalue weighted by Gasteiger charge is 2.56. The quantitative estimate of drug-likeness (QED) is 0.540. The van der Waals surface area contributed by atoms with E-state index in [0.29, 0.717) is 6.54 Å². The van der Waals surface area contributed by atoms with Gasteiger partial charge in [-0.2, -0.15) is 0 Å². The van der Waals surface area contributed by atoms with E-state index < -0.39 is 11.4 Å². The summed E-state index contributed by atoms with van der Waals surface area (Å²) in [4.78, 5) is 14.8. The molecule has 0 radical (unpaired) electrons. The zero-order chi connectivity index (χ0) is 28.3. The minimum Gasteiger partial charge on any atom is -0.413 e. The highest BCUT2D eigenvalue weighted by atomic mass is 16.7. The number of nitrogens with zero attached hydrogens (tertiary/aromatic N) is 1. The Morgan fingerprint density at radius 3 is 2.13 bits per heavy atom. The summed E-state index contributed by atoms with van der Waals surface area (Å²) in [5, 5.41) is 7.27. The normalized spacial score (nSPS) is 28.2. The summed E-state index contributed by atoms with van der Waals surface area (Å²) < 4.78 is 18.7. The minimum absolute atomic E-state index is 0.262. The molecule has 2 atom stereocenters. The molecule has 39 heavy (non-hydrogen) atoms. The zero-order valence-corrected chi connectivity index (χ0v) is 24.8. The van der Waals surface area contributed by atoms with Gasteiger partial charge in [-0.1, -0.05) is 63.2 Å². The van der Waals surface area contributed by atoms with E-state index in [9.17, 15) is 4.79 Å². The van der Waals surface area contributed by atoms with Crippen molar-refractivity contribution in [2.45, 2.75) is 90.8 Å². The Balaban J connectivity index is 1.36. The molecule has 0 spiro atoms. The third-order valence-corrected chi connectivity index (χ3v) is 9.07. The largest absolute Gasteiger partial charge is 0.494 e. The molecule has 2 unspecified atom stereocenters. The molecule has 3 aliphatic heterocycles. The molecule has 0 bridgehead atoms. The van der Waals surface area contributed by atoms with E-state index in [1.54, 1.807) is 4.90 Å². The van der Waals surface area contributed by atoms with E-state index in [1.807, 2.05) is 0 Å². The van der Waals surface area contributed by atoms with Crippen LogP contribution in [0.5, 0.6) is 0 Å². The lowest BCUT2D eigenvalue weighted by Gasteiger charge is -2.43. The van der Waals surface area contributed by atoms with Crippen molar-refractivity contribution in [1.82, 2.24) is 15.5 Å². The lowest BCUT2D eigenvalue weighted by Crippen LogP contribution is -2.64. The van der Waals surface area contributed by atoms with Crippen LogP contribution in [0.1, 0.15) is 73.8 Å².